The number of rotatable bonds is 9. The minimum Gasteiger partial charge on any atom is -0.474 e. The summed E-state index contributed by atoms with van der Waals surface area (Å²) in [7, 11) is 0. The number of pyridine rings is 2. The Labute approximate surface area is 199 Å². The quantitative estimate of drug-likeness (QED) is 0.549. The molecule has 1 atom stereocenters. The first-order chi connectivity index (χ1) is 16.3. The molecule has 2 N–H and O–H groups in total. The van der Waals surface area contributed by atoms with Gasteiger partial charge in [-0.05, 0) is 50.8 Å². The molecule has 180 valence electrons. The van der Waals surface area contributed by atoms with Gasteiger partial charge < -0.3 is 20.3 Å². The van der Waals surface area contributed by atoms with Crippen molar-refractivity contribution in [3.8, 4) is 5.88 Å². The molecular weight excluding hydrogens is 434 g/mol. The fraction of sp³-hybridized carbons (Fsp3) is 0.480. The molecule has 4 rings (SSSR count). The average molecular weight is 466 g/mol. The van der Waals surface area contributed by atoms with E-state index in [0.29, 0.717) is 36.8 Å². The van der Waals surface area contributed by atoms with E-state index < -0.39 is 0 Å². The summed E-state index contributed by atoms with van der Waals surface area (Å²) in [6, 6.07) is 3.55. The third-order valence-electron chi connectivity index (χ3n) is 6.45. The average Bonchev–Trinajstić information content (AvgIpc) is 3.11. The number of carbonyl (C=O) groups is 3. The van der Waals surface area contributed by atoms with E-state index in [1.165, 1.54) is 13.3 Å². The summed E-state index contributed by atoms with van der Waals surface area (Å²) in [5, 5.41) is 5.40. The maximum atomic E-state index is 13.2. The van der Waals surface area contributed by atoms with Crippen LogP contribution in [0.5, 0.6) is 5.88 Å². The first-order valence-corrected chi connectivity index (χ1v) is 11.8. The van der Waals surface area contributed by atoms with E-state index in [9.17, 15) is 14.4 Å². The van der Waals surface area contributed by atoms with Crippen molar-refractivity contribution >= 4 is 17.7 Å². The Balaban J connectivity index is 1.42. The summed E-state index contributed by atoms with van der Waals surface area (Å²) in [5.41, 5.74) is 3.85. The van der Waals surface area contributed by atoms with E-state index in [1.54, 1.807) is 23.4 Å². The molecule has 9 heteroatoms. The van der Waals surface area contributed by atoms with Crippen molar-refractivity contribution in [2.45, 2.75) is 65.1 Å². The molecule has 1 aliphatic heterocycles. The standard InChI is InChI=1S/C25H31N5O4/c1-15-11-18(13-29-24(15)34-19-5-4-6-19)16(2)30-14-21-20(25(30)33)7-8-27-22(21)12-23(32)28-10-9-26-17(3)31/h7-8,11,13,16,19H,4-6,9-10,12,14H2,1-3H3,(H,26,31)(H,28,32). The van der Waals surface area contributed by atoms with Gasteiger partial charge in [-0.25, -0.2) is 4.98 Å². The van der Waals surface area contributed by atoms with Crippen LogP contribution in [0, 0.1) is 6.92 Å². The lowest BCUT2D eigenvalue weighted by molar-refractivity contribution is -0.121. The molecule has 34 heavy (non-hydrogen) atoms. The molecule has 0 radical (unpaired) electrons. The number of fused-ring (bicyclic) bond motifs is 1. The molecule has 0 aromatic carbocycles. The summed E-state index contributed by atoms with van der Waals surface area (Å²) >= 11 is 0. The van der Waals surface area contributed by atoms with E-state index in [-0.39, 0.29) is 36.3 Å². The van der Waals surface area contributed by atoms with Crippen molar-refractivity contribution in [1.29, 1.82) is 0 Å². The molecule has 1 unspecified atom stereocenters. The van der Waals surface area contributed by atoms with Gasteiger partial charge in [0.25, 0.3) is 5.91 Å². The minimum absolute atomic E-state index is 0.0760. The normalized spacial score (nSPS) is 16.0. The van der Waals surface area contributed by atoms with Gasteiger partial charge in [0.1, 0.15) is 6.10 Å². The van der Waals surface area contributed by atoms with E-state index in [1.807, 2.05) is 19.9 Å². The second-order valence-corrected chi connectivity index (χ2v) is 8.96. The van der Waals surface area contributed by atoms with Gasteiger partial charge in [-0.3, -0.25) is 19.4 Å². The van der Waals surface area contributed by atoms with Gasteiger partial charge in [-0.15, -0.1) is 0 Å². The molecule has 1 fully saturated rings. The summed E-state index contributed by atoms with van der Waals surface area (Å²) in [5.74, 6) is 0.236. The van der Waals surface area contributed by atoms with E-state index >= 15 is 0 Å². The van der Waals surface area contributed by atoms with Crippen LogP contribution in [0.3, 0.4) is 0 Å². The van der Waals surface area contributed by atoms with Gasteiger partial charge in [0.15, 0.2) is 0 Å². The lowest BCUT2D eigenvalue weighted by Gasteiger charge is -2.28. The monoisotopic (exact) mass is 465 g/mol. The SMILES string of the molecule is CC(=O)NCCNC(=O)Cc1nccc2c1CN(C(C)c1cnc(OC3CCC3)c(C)c1)C2=O. The minimum atomic E-state index is -0.202. The summed E-state index contributed by atoms with van der Waals surface area (Å²) in [6.45, 7) is 6.47. The number of nitrogens with zero attached hydrogens (tertiary/aromatic N) is 3. The van der Waals surface area contributed by atoms with Crippen molar-refractivity contribution in [1.82, 2.24) is 25.5 Å². The van der Waals surface area contributed by atoms with Gasteiger partial charge in [-0.1, -0.05) is 0 Å². The third-order valence-corrected chi connectivity index (χ3v) is 6.45. The molecule has 1 saturated carbocycles. The maximum absolute atomic E-state index is 13.2. The molecule has 2 aromatic heterocycles. The molecule has 3 heterocycles. The Morgan fingerprint density at radius 1 is 1.24 bits per heavy atom. The van der Waals surface area contributed by atoms with Crippen LogP contribution in [0.2, 0.25) is 0 Å². The Morgan fingerprint density at radius 3 is 2.68 bits per heavy atom. The Morgan fingerprint density at radius 2 is 2.00 bits per heavy atom. The molecule has 2 aliphatic rings. The number of aryl methyl sites for hydroxylation is 1. The maximum Gasteiger partial charge on any atom is 0.255 e. The molecular formula is C25H31N5O4. The van der Waals surface area contributed by atoms with Gasteiger partial charge in [0.2, 0.25) is 17.7 Å². The number of hydrogen-bond acceptors (Lipinski definition) is 6. The van der Waals surface area contributed by atoms with Crippen LogP contribution >= 0.6 is 0 Å². The van der Waals surface area contributed by atoms with Crippen LogP contribution in [0.4, 0.5) is 0 Å². The van der Waals surface area contributed by atoms with E-state index in [0.717, 1.165) is 29.5 Å². The fourth-order valence-corrected chi connectivity index (χ4v) is 4.19. The van der Waals surface area contributed by atoms with E-state index in [4.69, 9.17) is 4.74 Å². The van der Waals surface area contributed by atoms with Gasteiger partial charge in [0.05, 0.1) is 18.2 Å². The Kier molecular flexibility index (Phi) is 7.09. The van der Waals surface area contributed by atoms with Crippen molar-refractivity contribution < 1.29 is 19.1 Å². The highest BCUT2D eigenvalue weighted by Crippen LogP contribution is 2.34. The highest BCUT2D eigenvalue weighted by molar-refractivity contribution is 5.99. The van der Waals surface area contributed by atoms with Crippen molar-refractivity contribution in [2.75, 3.05) is 13.1 Å². The molecule has 1 aliphatic carbocycles. The zero-order valence-corrected chi connectivity index (χ0v) is 19.9. The largest absolute Gasteiger partial charge is 0.474 e. The lowest BCUT2D eigenvalue weighted by atomic mass is 9.96. The summed E-state index contributed by atoms with van der Waals surface area (Å²) < 4.78 is 5.95. The zero-order chi connectivity index (χ0) is 24.2. The molecule has 3 amide bonds. The number of hydrogen-bond donors (Lipinski definition) is 2. The topological polar surface area (TPSA) is 114 Å². The van der Waals surface area contributed by atoms with Crippen LogP contribution in [-0.4, -0.2) is 51.8 Å². The smallest absolute Gasteiger partial charge is 0.255 e. The highest BCUT2D eigenvalue weighted by Gasteiger charge is 2.34. The highest BCUT2D eigenvalue weighted by atomic mass is 16.5. The predicted octanol–water partition coefficient (Wildman–Crippen LogP) is 2.23. The van der Waals surface area contributed by atoms with Gasteiger partial charge >= 0.3 is 0 Å². The Hall–Kier alpha value is -3.49. The molecule has 0 saturated heterocycles. The van der Waals surface area contributed by atoms with Crippen LogP contribution in [0.25, 0.3) is 0 Å². The molecule has 0 bridgehead atoms. The number of aromatic nitrogens is 2. The number of carbonyl (C=O) groups excluding carboxylic acids is 3. The first-order valence-electron chi connectivity index (χ1n) is 11.8. The second kappa shape index (κ2) is 10.2. The predicted molar refractivity (Wildman–Crippen MR) is 125 cm³/mol. The Bertz CT molecular complexity index is 1100. The van der Waals surface area contributed by atoms with Gasteiger partial charge in [-0.2, -0.15) is 0 Å². The number of amides is 3. The molecule has 2 aromatic rings. The second-order valence-electron chi connectivity index (χ2n) is 8.96. The van der Waals surface area contributed by atoms with Crippen molar-refractivity contribution in [2.24, 2.45) is 0 Å². The molecule has 9 nitrogen and oxygen atoms in total. The van der Waals surface area contributed by atoms with Gasteiger partial charge in [0, 0.05) is 55.6 Å². The van der Waals surface area contributed by atoms with Crippen LogP contribution in [0.1, 0.15) is 71.9 Å². The van der Waals surface area contributed by atoms with Crippen molar-refractivity contribution in [3.05, 3.63) is 52.5 Å². The summed E-state index contributed by atoms with van der Waals surface area (Å²) in [6.07, 6.45) is 7.04. The fourth-order valence-electron chi connectivity index (χ4n) is 4.19. The molecule has 0 spiro atoms. The third kappa shape index (κ3) is 5.18. The number of nitrogens with one attached hydrogen (secondary N) is 2. The van der Waals surface area contributed by atoms with Crippen LogP contribution in [-0.2, 0) is 22.6 Å². The van der Waals surface area contributed by atoms with Crippen LogP contribution < -0.4 is 15.4 Å². The first kappa shape index (κ1) is 23.7. The van der Waals surface area contributed by atoms with E-state index in [2.05, 4.69) is 20.6 Å². The number of ether oxygens (including phenoxy) is 1. The van der Waals surface area contributed by atoms with Crippen LogP contribution in [0.15, 0.2) is 24.5 Å². The van der Waals surface area contributed by atoms with Crippen molar-refractivity contribution in [3.63, 3.8) is 0 Å². The zero-order valence-electron chi connectivity index (χ0n) is 19.9. The summed E-state index contributed by atoms with van der Waals surface area (Å²) in [4.78, 5) is 47.2. The lowest BCUT2D eigenvalue weighted by Crippen LogP contribution is -2.34.